The average molecular weight is 350 g/mol. The summed E-state index contributed by atoms with van der Waals surface area (Å²) in [5.41, 5.74) is 1.93. The van der Waals surface area contributed by atoms with E-state index in [1.807, 2.05) is 29.2 Å². The zero-order valence-corrected chi connectivity index (χ0v) is 15.0. The van der Waals surface area contributed by atoms with E-state index in [0.717, 1.165) is 42.2 Å². The number of amidine groups is 1. The molecular weight excluding hydrogens is 328 g/mol. The second kappa shape index (κ2) is 7.04. The Labute approximate surface area is 153 Å². The largest absolute Gasteiger partial charge is 0.285 e. The number of hydrogen-bond acceptors (Lipinski definition) is 3. The van der Waals surface area contributed by atoms with E-state index in [-0.39, 0.29) is 5.91 Å². The molecule has 1 heterocycles. The third-order valence-electron chi connectivity index (χ3n) is 5.01. The fourth-order valence-corrected chi connectivity index (χ4v) is 4.68. The summed E-state index contributed by atoms with van der Waals surface area (Å²) >= 11 is 1.68. The molecule has 0 unspecified atom stereocenters. The number of benzene rings is 2. The van der Waals surface area contributed by atoms with Crippen molar-refractivity contribution in [1.29, 1.82) is 0 Å². The Bertz CT molecular complexity index is 767. The summed E-state index contributed by atoms with van der Waals surface area (Å²) in [6.45, 7) is 0.613. The van der Waals surface area contributed by atoms with Crippen LogP contribution in [0.5, 0.6) is 0 Å². The highest BCUT2D eigenvalue weighted by Crippen LogP contribution is 2.41. The lowest BCUT2D eigenvalue weighted by molar-refractivity contribution is -0.131. The monoisotopic (exact) mass is 350 g/mol. The number of hydrogen-bond donors (Lipinski definition) is 0. The van der Waals surface area contributed by atoms with Gasteiger partial charge in [0.15, 0.2) is 5.17 Å². The molecule has 2 aromatic carbocycles. The lowest BCUT2D eigenvalue weighted by Crippen LogP contribution is -2.40. The van der Waals surface area contributed by atoms with Crippen molar-refractivity contribution in [2.24, 2.45) is 4.99 Å². The van der Waals surface area contributed by atoms with Gasteiger partial charge in [-0.05, 0) is 24.0 Å². The summed E-state index contributed by atoms with van der Waals surface area (Å²) in [5, 5.41) is 0.889. The van der Waals surface area contributed by atoms with E-state index in [1.165, 1.54) is 5.56 Å². The Balaban J connectivity index is 1.56. The van der Waals surface area contributed by atoms with E-state index in [0.29, 0.717) is 6.54 Å². The number of carbonyl (C=O) groups excluding carboxylic acids is 1. The standard InChI is InChI=1S/C21H22N2OS/c24-19-21(13-7-8-14-21)22-20(25-16-18-11-5-2-6-12-18)23(19)15-17-9-3-1-4-10-17/h1-6,9-12H,7-8,13-16H2. The van der Waals surface area contributed by atoms with Crippen LogP contribution in [-0.4, -0.2) is 21.5 Å². The van der Waals surface area contributed by atoms with Crippen molar-refractivity contribution in [1.82, 2.24) is 4.90 Å². The molecule has 0 radical (unpaired) electrons. The first-order valence-electron chi connectivity index (χ1n) is 8.89. The van der Waals surface area contributed by atoms with Crippen LogP contribution in [0.2, 0.25) is 0 Å². The fourth-order valence-electron chi connectivity index (χ4n) is 3.65. The molecule has 0 aromatic heterocycles. The third kappa shape index (κ3) is 3.36. The van der Waals surface area contributed by atoms with Gasteiger partial charge >= 0.3 is 0 Å². The number of rotatable bonds is 4. The normalized spacial score (nSPS) is 18.8. The third-order valence-corrected chi connectivity index (χ3v) is 6.06. The van der Waals surface area contributed by atoms with Crippen LogP contribution < -0.4 is 0 Å². The van der Waals surface area contributed by atoms with E-state index in [2.05, 4.69) is 36.4 Å². The number of thioether (sulfide) groups is 1. The van der Waals surface area contributed by atoms with Crippen LogP contribution in [-0.2, 0) is 17.1 Å². The van der Waals surface area contributed by atoms with Gasteiger partial charge in [0.1, 0.15) is 5.54 Å². The van der Waals surface area contributed by atoms with E-state index in [1.54, 1.807) is 11.8 Å². The van der Waals surface area contributed by atoms with E-state index in [4.69, 9.17) is 4.99 Å². The van der Waals surface area contributed by atoms with Crippen molar-refractivity contribution >= 4 is 22.8 Å². The topological polar surface area (TPSA) is 32.7 Å². The summed E-state index contributed by atoms with van der Waals surface area (Å²) in [7, 11) is 0. The first kappa shape index (κ1) is 16.4. The molecule has 1 spiro atoms. The molecule has 4 heteroatoms. The molecule has 0 saturated heterocycles. The molecule has 1 aliphatic carbocycles. The number of nitrogens with zero attached hydrogens (tertiary/aromatic N) is 2. The minimum Gasteiger partial charge on any atom is -0.285 e. The van der Waals surface area contributed by atoms with Gasteiger partial charge in [0.05, 0.1) is 6.54 Å². The molecule has 25 heavy (non-hydrogen) atoms. The Kier molecular flexibility index (Phi) is 4.62. The van der Waals surface area contributed by atoms with Gasteiger partial charge in [0.2, 0.25) is 0 Å². The van der Waals surface area contributed by atoms with Crippen LogP contribution >= 0.6 is 11.8 Å². The van der Waals surface area contributed by atoms with Crippen LogP contribution in [0.15, 0.2) is 65.7 Å². The first-order chi connectivity index (χ1) is 12.3. The maximum Gasteiger partial charge on any atom is 0.256 e. The molecule has 2 aliphatic rings. The summed E-state index contributed by atoms with van der Waals surface area (Å²) in [5.74, 6) is 1.04. The number of aliphatic imine (C=N–C) groups is 1. The molecule has 1 amide bonds. The lowest BCUT2D eigenvalue weighted by Gasteiger charge is -2.22. The summed E-state index contributed by atoms with van der Waals surface area (Å²) < 4.78 is 0. The predicted molar refractivity (Wildman–Crippen MR) is 103 cm³/mol. The van der Waals surface area contributed by atoms with Crippen LogP contribution in [0.4, 0.5) is 0 Å². The van der Waals surface area contributed by atoms with Gasteiger partial charge in [-0.3, -0.25) is 9.69 Å². The molecule has 128 valence electrons. The van der Waals surface area contributed by atoms with Gasteiger partial charge in [0.25, 0.3) is 5.91 Å². The molecule has 1 aliphatic heterocycles. The SMILES string of the molecule is O=C1N(Cc2ccccc2)C(SCc2ccccc2)=NC12CCCC2. The lowest BCUT2D eigenvalue weighted by atomic mass is 9.98. The van der Waals surface area contributed by atoms with Crippen molar-refractivity contribution < 1.29 is 4.79 Å². The van der Waals surface area contributed by atoms with E-state index < -0.39 is 5.54 Å². The van der Waals surface area contributed by atoms with E-state index in [9.17, 15) is 4.79 Å². The van der Waals surface area contributed by atoms with Gasteiger partial charge in [-0.15, -0.1) is 0 Å². The Hall–Kier alpha value is -2.07. The molecule has 0 N–H and O–H groups in total. The quantitative estimate of drug-likeness (QED) is 0.805. The Morgan fingerprint density at radius 1 is 0.920 bits per heavy atom. The van der Waals surface area contributed by atoms with Crippen molar-refractivity contribution in [2.45, 2.75) is 43.5 Å². The van der Waals surface area contributed by atoms with Crippen LogP contribution in [0, 0.1) is 0 Å². The van der Waals surface area contributed by atoms with Crippen molar-refractivity contribution in [2.75, 3.05) is 0 Å². The highest BCUT2D eigenvalue weighted by Gasteiger charge is 2.49. The molecule has 4 rings (SSSR count). The molecule has 3 nitrogen and oxygen atoms in total. The Morgan fingerprint density at radius 3 is 2.16 bits per heavy atom. The zero-order chi connectivity index (χ0) is 17.1. The van der Waals surface area contributed by atoms with Gasteiger partial charge in [-0.25, -0.2) is 4.99 Å². The van der Waals surface area contributed by atoms with Gasteiger partial charge in [-0.2, -0.15) is 0 Å². The number of carbonyl (C=O) groups is 1. The minimum atomic E-state index is -0.478. The maximum atomic E-state index is 13.2. The number of amides is 1. The van der Waals surface area contributed by atoms with E-state index >= 15 is 0 Å². The first-order valence-corrected chi connectivity index (χ1v) is 9.88. The van der Waals surface area contributed by atoms with Crippen LogP contribution in [0.25, 0.3) is 0 Å². The highest BCUT2D eigenvalue weighted by molar-refractivity contribution is 8.13. The highest BCUT2D eigenvalue weighted by atomic mass is 32.2. The molecule has 0 atom stereocenters. The molecule has 0 bridgehead atoms. The average Bonchev–Trinajstić information content (AvgIpc) is 3.23. The molecule has 1 fully saturated rings. The van der Waals surface area contributed by atoms with Crippen LogP contribution in [0.3, 0.4) is 0 Å². The smallest absolute Gasteiger partial charge is 0.256 e. The molecule has 2 aromatic rings. The zero-order valence-electron chi connectivity index (χ0n) is 14.2. The van der Waals surface area contributed by atoms with Gasteiger partial charge in [0, 0.05) is 5.75 Å². The second-order valence-corrected chi connectivity index (χ2v) is 7.73. The molecule has 1 saturated carbocycles. The van der Waals surface area contributed by atoms with Gasteiger partial charge in [-0.1, -0.05) is 85.3 Å². The maximum absolute atomic E-state index is 13.2. The fraction of sp³-hybridized carbons (Fsp3) is 0.333. The summed E-state index contributed by atoms with van der Waals surface area (Å²) in [6.07, 6.45) is 4.00. The van der Waals surface area contributed by atoms with Crippen molar-refractivity contribution in [3.8, 4) is 0 Å². The van der Waals surface area contributed by atoms with Crippen LogP contribution in [0.1, 0.15) is 36.8 Å². The second-order valence-electron chi connectivity index (χ2n) is 6.78. The minimum absolute atomic E-state index is 0.199. The van der Waals surface area contributed by atoms with Gasteiger partial charge < -0.3 is 0 Å². The van der Waals surface area contributed by atoms with Crippen molar-refractivity contribution in [3.05, 3.63) is 71.8 Å². The molecular formula is C21H22N2OS. The summed E-state index contributed by atoms with van der Waals surface area (Å²) in [4.78, 5) is 20.0. The van der Waals surface area contributed by atoms with Crippen molar-refractivity contribution in [3.63, 3.8) is 0 Å². The predicted octanol–water partition coefficient (Wildman–Crippen LogP) is 4.63. The Morgan fingerprint density at radius 2 is 1.52 bits per heavy atom. The summed E-state index contributed by atoms with van der Waals surface area (Å²) in [6, 6.07) is 20.6.